The maximum absolute atomic E-state index is 10.8. The third-order valence-electron chi connectivity index (χ3n) is 3.39. The van der Waals surface area contributed by atoms with E-state index in [4.69, 9.17) is 14.6 Å². The van der Waals surface area contributed by atoms with Crippen LogP contribution in [0.5, 0.6) is 11.5 Å². The summed E-state index contributed by atoms with van der Waals surface area (Å²) in [5, 5.41) is 8.88. The average molecular weight is 300 g/mol. The maximum atomic E-state index is 10.8. The van der Waals surface area contributed by atoms with Gasteiger partial charge in [0.2, 0.25) is 0 Å². The number of aryl methyl sites for hydroxylation is 2. The molecule has 0 spiro atoms. The zero-order valence-electron chi connectivity index (χ0n) is 13.1. The Labute approximate surface area is 130 Å². The molecule has 0 unspecified atom stereocenters. The van der Waals surface area contributed by atoms with E-state index in [-0.39, 0.29) is 6.42 Å². The van der Waals surface area contributed by atoms with Crippen LogP contribution < -0.4 is 9.47 Å². The lowest BCUT2D eigenvalue weighted by Gasteiger charge is -2.14. The first-order valence-electron chi connectivity index (χ1n) is 7.07. The van der Waals surface area contributed by atoms with Crippen LogP contribution in [0.2, 0.25) is 0 Å². The molecular weight excluding hydrogens is 280 g/mol. The Morgan fingerprint density at radius 1 is 1.09 bits per heavy atom. The molecule has 22 heavy (non-hydrogen) atoms. The lowest BCUT2D eigenvalue weighted by atomic mass is 10.0. The van der Waals surface area contributed by atoms with Crippen molar-refractivity contribution in [2.45, 2.75) is 26.9 Å². The minimum absolute atomic E-state index is 0.0256. The highest BCUT2D eigenvalue weighted by atomic mass is 16.5. The second-order valence-corrected chi connectivity index (χ2v) is 5.27. The van der Waals surface area contributed by atoms with Crippen molar-refractivity contribution in [2.24, 2.45) is 0 Å². The Morgan fingerprint density at radius 2 is 1.77 bits per heavy atom. The number of hydrogen-bond donors (Lipinski definition) is 1. The summed E-state index contributed by atoms with van der Waals surface area (Å²) in [5.74, 6) is 0.771. The van der Waals surface area contributed by atoms with E-state index in [1.54, 1.807) is 7.11 Å². The molecule has 0 fully saturated rings. The zero-order chi connectivity index (χ0) is 16.1. The predicted molar refractivity (Wildman–Crippen MR) is 84.6 cm³/mol. The Hall–Kier alpha value is -2.49. The fourth-order valence-corrected chi connectivity index (χ4v) is 2.46. The summed E-state index contributed by atoms with van der Waals surface area (Å²) in [7, 11) is 1.63. The Bertz CT molecular complexity index is 654. The number of carbonyl (C=O) groups is 1. The zero-order valence-corrected chi connectivity index (χ0v) is 13.1. The van der Waals surface area contributed by atoms with Crippen molar-refractivity contribution in [2.75, 3.05) is 7.11 Å². The highest BCUT2D eigenvalue weighted by Gasteiger charge is 2.09. The summed E-state index contributed by atoms with van der Waals surface area (Å²) in [6.45, 7) is 4.30. The van der Waals surface area contributed by atoms with Gasteiger partial charge in [0.1, 0.15) is 18.1 Å². The van der Waals surface area contributed by atoms with E-state index in [1.165, 1.54) is 0 Å². The van der Waals surface area contributed by atoms with E-state index in [9.17, 15) is 4.79 Å². The minimum atomic E-state index is -0.830. The van der Waals surface area contributed by atoms with Crippen molar-refractivity contribution >= 4 is 5.97 Å². The van der Waals surface area contributed by atoms with E-state index in [2.05, 4.69) is 0 Å². The number of methoxy groups -OCH3 is 1. The van der Waals surface area contributed by atoms with Crippen molar-refractivity contribution in [1.82, 2.24) is 0 Å². The van der Waals surface area contributed by atoms with Crippen molar-refractivity contribution in [3.63, 3.8) is 0 Å². The van der Waals surface area contributed by atoms with E-state index in [0.717, 1.165) is 33.8 Å². The van der Waals surface area contributed by atoms with Gasteiger partial charge < -0.3 is 14.6 Å². The Kier molecular flexibility index (Phi) is 5.04. The number of benzene rings is 2. The number of hydrogen-bond acceptors (Lipinski definition) is 3. The van der Waals surface area contributed by atoms with Gasteiger partial charge in [0.25, 0.3) is 0 Å². The molecule has 2 rings (SSSR count). The third-order valence-corrected chi connectivity index (χ3v) is 3.39. The fraction of sp³-hybridized carbons (Fsp3) is 0.278. The molecule has 0 radical (unpaired) electrons. The fourth-order valence-electron chi connectivity index (χ4n) is 2.46. The second kappa shape index (κ2) is 6.98. The summed E-state index contributed by atoms with van der Waals surface area (Å²) >= 11 is 0. The van der Waals surface area contributed by atoms with Gasteiger partial charge in [-0.25, -0.2) is 0 Å². The van der Waals surface area contributed by atoms with Crippen molar-refractivity contribution in [3.05, 3.63) is 58.7 Å². The van der Waals surface area contributed by atoms with Crippen LogP contribution in [0.3, 0.4) is 0 Å². The molecule has 0 atom stereocenters. The van der Waals surface area contributed by atoms with Crippen molar-refractivity contribution in [1.29, 1.82) is 0 Å². The first kappa shape index (κ1) is 15.9. The molecule has 2 aromatic rings. The molecule has 0 bridgehead atoms. The van der Waals surface area contributed by atoms with Gasteiger partial charge in [-0.1, -0.05) is 24.3 Å². The molecule has 0 aromatic heterocycles. The number of ether oxygens (including phenoxy) is 2. The SMILES string of the molecule is COc1cccc(COc2c(C)cc(CC(=O)O)cc2C)c1. The third kappa shape index (κ3) is 4.01. The molecule has 4 nitrogen and oxygen atoms in total. The molecular formula is C18H20O4. The van der Waals surface area contributed by atoms with Crippen LogP contribution in [-0.2, 0) is 17.8 Å². The van der Waals surface area contributed by atoms with Gasteiger partial charge >= 0.3 is 5.97 Å². The molecule has 0 saturated carbocycles. The Morgan fingerprint density at radius 3 is 2.36 bits per heavy atom. The van der Waals surface area contributed by atoms with Crippen LogP contribution in [0.1, 0.15) is 22.3 Å². The summed E-state index contributed by atoms with van der Waals surface area (Å²) in [6.07, 6.45) is 0.0256. The van der Waals surface area contributed by atoms with Crippen LogP contribution in [0.4, 0.5) is 0 Å². The molecule has 0 aliphatic rings. The van der Waals surface area contributed by atoms with Gasteiger partial charge in [-0.3, -0.25) is 4.79 Å². The standard InChI is InChI=1S/C18H20O4/c1-12-7-15(10-17(19)20)8-13(2)18(12)22-11-14-5-4-6-16(9-14)21-3/h4-9H,10-11H2,1-3H3,(H,19,20). The van der Waals surface area contributed by atoms with E-state index < -0.39 is 5.97 Å². The number of carboxylic acid groups (broad SMARTS) is 1. The van der Waals surface area contributed by atoms with Gasteiger partial charge in [-0.05, 0) is 48.2 Å². The molecule has 4 heteroatoms. The number of rotatable bonds is 6. The van der Waals surface area contributed by atoms with Crippen molar-refractivity contribution < 1.29 is 19.4 Å². The van der Waals surface area contributed by atoms with Crippen LogP contribution in [0, 0.1) is 13.8 Å². The van der Waals surface area contributed by atoms with Crippen LogP contribution >= 0.6 is 0 Å². The number of carboxylic acids is 1. The van der Waals surface area contributed by atoms with Crippen LogP contribution in [0.15, 0.2) is 36.4 Å². The highest BCUT2D eigenvalue weighted by molar-refractivity contribution is 5.70. The maximum Gasteiger partial charge on any atom is 0.307 e. The van der Waals surface area contributed by atoms with Gasteiger partial charge in [-0.15, -0.1) is 0 Å². The first-order chi connectivity index (χ1) is 10.5. The number of aliphatic carboxylic acids is 1. The van der Waals surface area contributed by atoms with Crippen molar-refractivity contribution in [3.8, 4) is 11.5 Å². The van der Waals surface area contributed by atoms with Gasteiger partial charge in [0.15, 0.2) is 0 Å². The smallest absolute Gasteiger partial charge is 0.307 e. The summed E-state index contributed by atoms with van der Waals surface area (Å²) in [5.41, 5.74) is 3.70. The summed E-state index contributed by atoms with van der Waals surface area (Å²) < 4.78 is 11.1. The van der Waals surface area contributed by atoms with Gasteiger partial charge in [0, 0.05) is 0 Å². The Balaban J connectivity index is 2.14. The lowest BCUT2D eigenvalue weighted by Crippen LogP contribution is -2.03. The van der Waals surface area contributed by atoms with E-state index in [1.807, 2.05) is 50.2 Å². The molecule has 0 aliphatic carbocycles. The summed E-state index contributed by atoms with van der Waals surface area (Å²) in [6, 6.07) is 11.5. The normalized spacial score (nSPS) is 10.3. The minimum Gasteiger partial charge on any atom is -0.497 e. The first-order valence-corrected chi connectivity index (χ1v) is 7.07. The molecule has 0 aliphatic heterocycles. The molecule has 0 amide bonds. The monoisotopic (exact) mass is 300 g/mol. The molecule has 2 aromatic carbocycles. The largest absolute Gasteiger partial charge is 0.497 e. The lowest BCUT2D eigenvalue weighted by molar-refractivity contribution is -0.136. The quantitative estimate of drug-likeness (QED) is 0.887. The second-order valence-electron chi connectivity index (χ2n) is 5.27. The molecule has 116 valence electrons. The highest BCUT2D eigenvalue weighted by Crippen LogP contribution is 2.26. The average Bonchev–Trinajstić information content (AvgIpc) is 2.46. The van der Waals surface area contributed by atoms with Crippen LogP contribution in [-0.4, -0.2) is 18.2 Å². The molecule has 0 heterocycles. The molecule has 1 N–H and O–H groups in total. The van der Waals surface area contributed by atoms with Gasteiger partial charge in [0.05, 0.1) is 13.5 Å². The van der Waals surface area contributed by atoms with Crippen LogP contribution in [0.25, 0.3) is 0 Å². The van der Waals surface area contributed by atoms with E-state index in [0.29, 0.717) is 6.61 Å². The molecule has 0 saturated heterocycles. The van der Waals surface area contributed by atoms with Gasteiger partial charge in [-0.2, -0.15) is 0 Å². The predicted octanol–water partition coefficient (Wildman–Crippen LogP) is 3.52. The van der Waals surface area contributed by atoms with E-state index >= 15 is 0 Å². The topological polar surface area (TPSA) is 55.8 Å². The summed E-state index contributed by atoms with van der Waals surface area (Å²) in [4.78, 5) is 10.8.